The molecule has 2 unspecified atom stereocenters. The van der Waals surface area contributed by atoms with E-state index < -0.39 is 0 Å². The lowest BCUT2D eigenvalue weighted by molar-refractivity contribution is 1.22. The lowest BCUT2D eigenvalue weighted by Crippen LogP contribution is -1.98. The first-order valence-corrected chi connectivity index (χ1v) is 21.2. The molecule has 1 aliphatic rings. The normalized spacial score (nSPS) is 14.6. The highest BCUT2D eigenvalue weighted by molar-refractivity contribution is 7.51. The Bertz CT molecular complexity index is 3220. The Balaban J connectivity index is 1.19. The second-order valence-corrected chi connectivity index (χ2v) is 16.7. The number of hydrogen-bond acceptors (Lipinski definition) is 0. The lowest BCUT2D eigenvalue weighted by atomic mass is 9.83. The van der Waals surface area contributed by atoms with Crippen LogP contribution in [0.5, 0.6) is 0 Å². The molecule has 2 atom stereocenters. The molecule has 0 spiro atoms. The Morgan fingerprint density at radius 3 is 1.47 bits per heavy atom. The summed E-state index contributed by atoms with van der Waals surface area (Å²) in [5, 5.41) is 11.5. The summed E-state index contributed by atoms with van der Waals surface area (Å²) >= 11 is 0. The molecule has 0 amide bonds. The maximum atomic E-state index is 2.50. The van der Waals surface area contributed by atoms with Gasteiger partial charge in [0.25, 0.3) is 0 Å². The van der Waals surface area contributed by atoms with E-state index in [1.54, 1.807) is 0 Å². The van der Waals surface area contributed by atoms with E-state index in [9.17, 15) is 0 Å². The Morgan fingerprint density at radius 1 is 0.328 bits per heavy atom. The van der Waals surface area contributed by atoms with Crippen LogP contribution >= 0.6 is 8.58 Å². The van der Waals surface area contributed by atoms with Gasteiger partial charge in [-0.2, -0.15) is 0 Å². The van der Waals surface area contributed by atoms with E-state index in [-0.39, 0.29) is 0 Å². The second-order valence-electron chi connectivity index (χ2n) is 15.3. The second kappa shape index (κ2) is 14.6. The molecule has 0 bridgehead atoms. The monoisotopic (exact) mass is 754 g/mol. The molecule has 58 heavy (non-hydrogen) atoms. The molecule has 1 aliphatic heterocycles. The summed E-state index contributed by atoms with van der Waals surface area (Å²) in [6.45, 7) is 0. The van der Waals surface area contributed by atoms with Crippen LogP contribution < -0.4 is 0 Å². The average Bonchev–Trinajstić information content (AvgIpc) is 3.31. The van der Waals surface area contributed by atoms with Gasteiger partial charge in [-0.3, -0.25) is 0 Å². The van der Waals surface area contributed by atoms with Crippen LogP contribution in [-0.4, -0.2) is 0 Å². The number of allylic oxidation sites excluding steroid dienone is 3. The van der Waals surface area contributed by atoms with Crippen LogP contribution in [0.25, 0.3) is 87.4 Å². The molecular weight excluding hydrogens is 716 g/mol. The Morgan fingerprint density at radius 2 is 0.828 bits per heavy atom. The van der Waals surface area contributed by atoms with Crippen molar-refractivity contribution in [2.75, 3.05) is 0 Å². The molecule has 0 aliphatic carbocycles. The van der Waals surface area contributed by atoms with Gasteiger partial charge in [-0.05, 0) is 128 Å². The molecule has 0 saturated carbocycles. The van der Waals surface area contributed by atoms with Crippen molar-refractivity contribution in [1.29, 1.82) is 0 Å². The average molecular weight is 755 g/mol. The zero-order valence-corrected chi connectivity index (χ0v) is 32.9. The maximum Gasteiger partial charge on any atom is 0.0243 e. The molecule has 10 aromatic rings. The van der Waals surface area contributed by atoms with E-state index in [4.69, 9.17) is 0 Å². The van der Waals surface area contributed by atoms with Crippen LogP contribution in [0, 0.1) is 0 Å². The quantitative estimate of drug-likeness (QED) is 0.0901. The van der Waals surface area contributed by atoms with E-state index in [1.165, 1.54) is 104 Å². The van der Waals surface area contributed by atoms with Gasteiger partial charge < -0.3 is 0 Å². The predicted octanol–water partition coefficient (Wildman–Crippen LogP) is 16.2. The molecular formula is C57H39P. The zero-order chi connectivity index (χ0) is 38.4. The van der Waals surface area contributed by atoms with Crippen LogP contribution in [0.2, 0.25) is 0 Å². The first-order chi connectivity index (χ1) is 28.8. The van der Waals surface area contributed by atoms with Crippen LogP contribution in [0.4, 0.5) is 0 Å². The minimum Gasteiger partial charge on any atom is -0.0781 e. The first kappa shape index (κ1) is 34.4. The smallest absolute Gasteiger partial charge is 0.0243 e. The molecule has 0 radical (unpaired) electrons. The van der Waals surface area contributed by atoms with Gasteiger partial charge in [0.05, 0.1) is 0 Å². The number of fused-ring (bicyclic) bond motifs is 5. The van der Waals surface area contributed by atoms with E-state index in [0.29, 0.717) is 14.2 Å². The molecule has 11 rings (SSSR count). The Labute approximate surface area is 341 Å². The minimum atomic E-state index is 0.307. The highest BCUT2D eigenvalue weighted by atomic mass is 31.1. The van der Waals surface area contributed by atoms with Gasteiger partial charge in [-0.1, -0.05) is 209 Å². The Hall–Kier alpha value is -6.85. The topological polar surface area (TPSA) is 0 Å². The molecule has 1 heterocycles. The van der Waals surface area contributed by atoms with Crippen molar-refractivity contribution in [1.82, 2.24) is 0 Å². The third kappa shape index (κ3) is 6.06. The first-order valence-electron chi connectivity index (χ1n) is 20.1. The summed E-state index contributed by atoms with van der Waals surface area (Å²) in [4.78, 5) is 0. The van der Waals surface area contributed by atoms with Crippen molar-refractivity contribution in [2.24, 2.45) is 0 Å². The van der Waals surface area contributed by atoms with Gasteiger partial charge in [0.2, 0.25) is 0 Å². The highest BCUT2D eigenvalue weighted by Crippen LogP contribution is 2.53. The molecule has 0 nitrogen and oxygen atoms in total. The number of benzene rings is 10. The highest BCUT2D eigenvalue weighted by Gasteiger charge is 2.22. The number of rotatable bonds is 6. The van der Waals surface area contributed by atoms with Crippen LogP contribution in [0.3, 0.4) is 0 Å². The van der Waals surface area contributed by atoms with Crippen molar-refractivity contribution in [3.63, 3.8) is 0 Å². The van der Waals surface area contributed by atoms with Crippen molar-refractivity contribution >= 4 is 62.6 Å². The van der Waals surface area contributed by atoms with Gasteiger partial charge in [0.1, 0.15) is 0 Å². The van der Waals surface area contributed by atoms with Gasteiger partial charge >= 0.3 is 0 Å². The summed E-state index contributed by atoms with van der Waals surface area (Å²) in [6, 6.07) is 78.3. The van der Waals surface area contributed by atoms with Crippen molar-refractivity contribution < 1.29 is 0 Å². The third-order valence-electron chi connectivity index (χ3n) is 11.9. The fourth-order valence-electron chi connectivity index (χ4n) is 9.14. The fourth-order valence-corrected chi connectivity index (χ4v) is 10.7. The van der Waals surface area contributed by atoms with Gasteiger partial charge in [-0.15, -0.1) is 0 Å². The van der Waals surface area contributed by atoms with Gasteiger partial charge in [0.15, 0.2) is 0 Å². The maximum absolute atomic E-state index is 2.50. The van der Waals surface area contributed by atoms with Crippen LogP contribution in [0.15, 0.2) is 224 Å². The molecule has 1 heteroatoms. The Kier molecular flexibility index (Phi) is 8.65. The van der Waals surface area contributed by atoms with E-state index >= 15 is 0 Å². The van der Waals surface area contributed by atoms with Gasteiger partial charge in [-0.25, -0.2) is 0 Å². The fraction of sp³-hybridized carbons (Fsp3) is 0.0175. The summed E-state index contributed by atoms with van der Waals surface area (Å²) < 4.78 is 0. The van der Waals surface area contributed by atoms with Gasteiger partial charge in [0, 0.05) is 5.66 Å². The largest absolute Gasteiger partial charge is 0.0781 e. The SMILES string of the molecule is C1=C(c2ccc3c(-c4ccccc4)c4cc(-c5cc6ccccc6c6ccccc56)ccc4c(-c4ccccc4)c3c2)C=C(c2ccccc2)PC1c1ccccc1. The molecule has 0 saturated heterocycles. The van der Waals surface area contributed by atoms with E-state index in [1.807, 2.05) is 0 Å². The summed E-state index contributed by atoms with van der Waals surface area (Å²) in [5.74, 6) is 0. The van der Waals surface area contributed by atoms with Crippen molar-refractivity contribution in [3.05, 3.63) is 241 Å². The lowest BCUT2D eigenvalue weighted by Gasteiger charge is -2.24. The summed E-state index contributed by atoms with van der Waals surface area (Å²) in [7, 11) is 0.651. The van der Waals surface area contributed by atoms with Crippen LogP contribution in [0.1, 0.15) is 22.3 Å². The van der Waals surface area contributed by atoms with E-state index in [2.05, 4.69) is 224 Å². The molecule has 0 aromatic heterocycles. The zero-order valence-electron chi connectivity index (χ0n) is 31.9. The molecule has 0 fully saturated rings. The number of hydrogen-bond donors (Lipinski definition) is 0. The molecule has 272 valence electrons. The van der Waals surface area contributed by atoms with Crippen molar-refractivity contribution in [3.8, 4) is 33.4 Å². The van der Waals surface area contributed by atoms with E-state index in [0.717, 1.165) is 0 Å². The summed E-state index contributed by atoms with van der Waals surface area (Å²) in [5.41, 5.74) is 12.9. The molecule has 10 aromatic carbocycles. The standard InChI is InChI=1S/C57H39P/c1-5-17-38(18-6-1)54-36-45(37-55(58-54)39-19-7-2-8-20-39)42-29-31-49-52(33-42)56(40-21-9-3-10-22-40)50-32-30-44(35-53(50)57(49)41-23-11-4-12-24-41)51-34-43-25-13-14-26-46(43)47-27-15-16-28-48(47)51/h1-37,54,58H. The molecule has 0 N–H and O–H groups in total. The van der Waals surface area contributed by atoms with Crippen LogP contribution in [-0.2, 0) is 0 Å². The minimum absolute atomic E-state index is 0.307. The summed E-state index contributed by atoms with van der Waals surface area (Å²) in [6.07, 6.45) is 4.94. The third-order valence-corrected chi connectivity index (χ3v) is 13.4. The predicted molar refractivity (Wildman–Crippen MR) is 253 cm³/mol. The van der Waals surface area contributed by atoms with Crippen molar-refractivity contribution in [2.45, 2.75) is 5.66 Å².